The minimum absolute atomic E-state index is 0.0131. The van der Waals surface area contributed by atoms with Crippen molar-refractivity contribution in [1.29, 1.82) is 0 Å². The zero-order valence-electron chi connectivity index (χ0n) is 27.4. The molecule has 0 saturated carbocycles. The Morgan fingerprint density at radius 2 is 1.13 bits per heavy atom. The maximum atomic E-state index is 13.2. The molecule has 0 N–H and O–H groups in total. The molecule has 14 heteroatoms. The molecule has 0 aliphatic heterocycles. The summed E-state index contributed by atoms with van der Waals surface area (Å²) in [5, 5.41) is 0. The van der Waals surface area contributed by atoms with Gasteiger partial charge >= 0.3 is 11.9 Å². The normalized spacial score (nSPS) is 11.2. The fourth-order valence-corrected chi connectivity index (χ4v) is 6.65. The summed E-state index contributed by atoms with van der Waals surface area (Å²) in [4.78, 5) is 52.9. The van der Waals surface area contributed by atoms with E-state index in [2.05, 4.69) is 0 Å². The van der Waals surface area contributed by atoms with Gasteiger partial charge in [-0.15, -0.1) is 0 Å². The van der Waals surface area contributed by atoms with Crippen molar-refractivity contribution >= 4 is 80.4 Å². The van der Waals surface area contributed by atoms with E-state index in [-0.39, 0.29) is 47.5 Å². The second-order valence-corrected chi connectivity index (χ2v) is 15.2. The van der Waals surface area contributed by atoms with Crippen LogP contribution in [0.5, 0.6) is 5.75 Å². The highest BCUT2D eigenvalue weighted by Gasteiger charge is 2.34. The number of ketones is 1. The predicted molar refractivity (Wildman–Crippen MR) is 192 cm³/mol. The van der Waals surface area contributed by atoms with E-state index in [1.165, 1.54) is 4.90 Å². The van der Waals surface area contributed by atoms with Gasteiger partial charge in [0.2, 0.25) is 8.77 Å². The van der Waals surface area contributed by atoms with Crippen molar-refractivity contribution in [2.75, 3.05) is 46.1 Å². The molecule has 0 aliphatic rings. The number of ether oxygens (including phenoxy) is 5. The molecule has 1 amide bonds. The second-order valence-electron chi connectivity index (χ2n) is 10.8. The molecule has 0 spiro atoms. The standard InChI is InChI=1S/C33H41NO9S4/c1-7-39-30(44)46-32(3,4)28(37)41-20-18-34(19-21-42-29(38)33(5,6)47-31(45)40-8-2)26(35)22-43-25-16-14-24(15-17-25)27(36)23-12-10-9-11-13-23/h9-17H,7-8,18-22H2,1-6H3. The molecule has 0 saturated heterocycles. The molecule has 0 atom stereocenters. The topological polar surface area (TPSA) is 118 Å². The van der Waals surface area contributed by atoms with Crippen LogP contribution in [-0.4, -0.2) is 92.9 Å². The highest BCUT2D eigenvalue weighted by atomic mass is 32.2. The third kappa shape index (κ3) is 13.8. The lowest BCUT2D eigenvalue weighted by atomic mass is 10.0. The van der Waals surface area contributed by atoms with Gasteiger partial charge in [-0.3, -0.25) is 19.2 Å². The summed E-state index contributed by atoms with van der Waals surface area (Å²) in [7, 11) is 0. The van der Waals surface area contributed by atoms with Gasteiger partial charge in [-0.1, -0.05) is 53.9 Å². The number of amides is 1. The Labute approximate surface area is 295 Å². The Morgan fingerprint density at radius 3 is 1.57 bits per heavy atom. The number of thiocarbonyl (C=S) groups is 2. The van der Waals surface area contributed by atoms with Gasteiger partial charge < -0.3 is 28.6 Å². The quantitative estimate of drug-likeness (QED) is 0.110. The Balaban J connectivity index is 2.03. The molecule has 0 unspecified atom stereocenters. The number of rotatable bonds is 17. The van der Waals surface area contributed by atoms with Gasteiger partial charge in [0.1, 0.15) is 28.5 Å². The molecule has 0 aromatic heterocycles. The fraction of sp³-hybridized carbons (Fsp3) is 0.455. The molecular weight excluding hydrogens is 683 g/mol. The van der Waals surface area contributed by atoms with E-state index in [0.717, 1.165) is 23.5 Å². The van der Waals surface area contributed by atoms with Crippen LogP contribution in [0.4, 0.5) is 0 Å². The number of carbonyl (C=O) groups is 4. The van der Waals surface area contributed by atoms with Gasteiger partial charge in [-0.05, 0) is 90.2 Å². The first-order chi connectivity index (χ1) is 22.2. The van der Waals surface area contributed by atoms with Crippen molar-refractivity contribution in [3.63, 3.8) is 0 Å². The largest absolute Gasteiger partial charge is 0.484 e. The summed E-state index contributed by atoms with van der Waals surface area (Å²) >= 11 is 12.4. The number of benzene rings is 2. The van der Waals surface area contributed by atoms with E-state index < -0.39 is 27.3 Å². The molecule has 2 aromatic rings. The van der Waals surface area contributed by atoms with Crippen LogP contribution in [0, 0.1) is 0 Å². The molecule has 0 radical (unpaired) electrons. The first-order valence-corrected chi connectivity index (χ1v) is 17.3. The highest BCUT2D eigenvalue weighted by molar-refractivity contribution is 8.24. The second kappa shape index (κ2) is 19.6. The molecule has 0 fully saturated rings. The van der Waals surface area contributed by atoms with Crippen LogP contribution in [0.15, 0.2) is 54.6 Å². The van der Waals surface area contributed by atoms with Crippen LogP contribution in [0.1, 0.15) is 57.5 Å². The van der Waals surface area contributed by atoms with Gasteiger partial charge in [0.25, 0.3) is 5.91 Å². The lowest BCUT2D eigenvalue weighted by Gasteiger charge is -2.26. The van der Waals surface area contributed by atoms with Crippen molar-refractivity contribution < 1.29 is 42.9 Å². The van der Waals surface area contributed by atoms with E-state index in [4.69, 9.17) is 48.1 Å². The predicted octanol–water partition coefficient (Wildman–Crippen LogP) is 5.88. The number of thioether (sulfide) groups is 2. The fourth-order valence-electron chi connectivity index (χ4n) is 3.70. The van der Waals surface area contributed by atoms with Crippen LogP contribution in [0.25, 0.3) is 0 Å². The first kappa shape index (κ1) is 40.0. The Hall–Kier alpha value is -3.20. The van der Waals surface area contributed by atoms with Crippen LogP contribution in [0.2, 0.25) is 0 Å². The van der Waals surface area contributed by atoms with E-state index in [1.54, 1.807) is 90.1 Å². The summed E-state index contributed by atoms with van der Waals surface area (Å²) in [6.45, 7) is 10.4. The molecule has 2 aromatic carbocycles. The third-order valence-electron chi connectivity index (χ3n) is 6.24. The van der Waals surface area contributed by atoms with Crippen molar-refractivity contribution in [3.05, 3.63) is 65.7 Å². The zero-order chi connectivity index (χ0) is 35.0. The molecule has 47 heavy (non-hydrogen) atoms. The molecular formula is C33H41NO9S4. The van der Waals surface area contributed by atoms with E-state index >= 15 is 0 Å². The first-order valence-electron chi connectivity index (χ1n) is 14.9. The lowest BCUT2D eigenvalue weighted by molar-refractivity contribution is -0.149. The number of esters is 2. The number of carbonyl (C=O) groups excluding carboxylic acids is 4. The molecule has 0 aliphatic carbocycles. The van der Waals surface area contributed by atoms with Crippen molar-refractivity contribution in [3.8, 4) is 5.75 Å². The monoisotopic (exact) mass is 723 g/mol. The van der Waals surface area contributed by atoms with Crippen LogP contribution < -0.4 is 4.74 Å². The van der Waals surface area contributed by atoms with Crippen LogP contribution >= 0.6 is 48.0 Å². The molecule has 10 nitrogen and oxygen atoms in total. The lowest BCUT2D eigenvalue weighted by Crippen LogP contribution is -2.42. The summed E-state index contributed by atoms with van der Waals surface area (Å²) in [6.07, 6.45) is 0. The van der Waals surface area contributed by atoms with Crippen molar-refractivity contribution in [1.82, 2.24) is 4.90 Å². The van der Waals surface area contributed by atoms with Gasteiger partial charge in [-0.25, -0.2) is 0 Å². The summed E-state index contributed by atoms with van der Waals surface area (Å²) in [5.41, 5.74) is 1.04. The number of hydrogen-bond donors (Lipinski definition) is 0. The Bertz CT molecular complexity index is 1330. The van der Waals surface area contributed by atoms with E-state index in [1.807, 2.05) is 6.07 Å². The minimum Gasteiger partial charge on any atom is -0.484 e. The van der Waals surface area contributed by atoms with E-state index in [9.17, 15) is 19.2 Å². The maximum absolute atomic E-state index is 13.2. The highest BCUT2D eigenvalue weighted by Crippen LogP contribution is 2.29. The maximum Gasteiger partial charge on any atom is 0.322 e. The van der Waals surface area contributed by atoms with Crippen molar-refractivity contribution in [2.24, 2.45) is 0 Å². The van der Waals surface area contributed by atoms with Crippen LogP contribution in [0.3, 0.4) is 0 Å². The van der Waals surface area contributed by atoms with E-state index in [0.29, 0.717) is 30.1 Å². The molecule has 0 heterocycles. The number of nitrogens with zero attached hydrogens (tertiary/aromatic N) is 1. The molecule has 0 bridgehead atoms. The number of hydrogen-bond acceptors (Lipinski definition) is 13. The SMILES string of the molecule is CCOC(=S)SC(C)(C)C(=O)OCCN(CCOC(=O)C(C)(C)SC(=S)OCC)C(=O)COc1ccc(C(=O)c2ccccc2)cc1. The Morgan fingerprint density at radius 1 is 0.681 bits per heavy atom. The van der Waals surface area contributed by atoms with Gasteiger partial charge in [0, 0.05) is 11.1 Å². The van der Waals surface area contributed by atoms with Crippen LogP contribution in [-0.2, 0) is 33.3 Å². The van der Waals surface area contributed by atoms with Gasteiger partial charge in [0.05, 0.1) is 26.3 Å². The van der Waals surface area contributed by atoms with Gasteiger partial charge in [0.15, 0.2) is 12.4 Å². The average molecular weight is 724 g/mol. The minimum atomic E-state index is -1.01. The average Bonchev–Trinajstić information content (AvgIpc) is 3.02. The smallest absolute Gasteiger partial charge is 0.322 e. The summed E-state index contributed by atoms with van der Waals surface area (Å²) in [5.74, 6) is -1.25. The molecule has 256 valence electrons. The molecule has 2 rings (SSSR count). The Kier molecular flexibility index (Phi) is 16.7. The summed E-state index contributed by atoms with van der Waals surface area (Å²) < 4.78 is 25.6. The zero-order valence-corrected chi connectivity index (χ0v) is 30.7. The summed E-state index contributed by atoms with van der Waals surface area (Å²) in [6, 6.07) is 15.4. The third-order valence-corrected chi connectivity index (χ3v) is 8.90. The van der Waals surface area contributed by atoms with Crippen molar-refractivity contribution in [2.45, 2.75) is 51.0 Å². The van der Waals surface area contributed by atoms with Gasteiger partial charge in [-0.2, -0.15) is 0 Å².